The number of benzene rings is 1. The number of halogens is 3. The Kier molecular flexibility index (Phi) is 6.53. The van der Waals surface area contributed by atoms with Crippen LogP contribution in [0.1, 0.15) is 60.0 Å². The minimum absolute atomic E-state index is 0.150. The third-order valence-electron chi connectivity index (χ3n) is 7.26. The largest absolute Gasteiger partial charge is 0.414 e. The van der Waals surface area contributed by atoms with Crippen LogP contribution in [0.4, 0.5) is 18.9 Å². The quantitative estimate of drug-likeness (QED) is 0.562. The Morgan fingerprint density at radius 3 is 2.47 bits per heavy atom. The second kappa shape index (κ2) is 9.44. The Hall–Kier alpha value is -2.22. The second-order valence-electron chi connectivity index (χ2n) is 9.80. The van der Waals surface area contributed by atoms with Gasteiger partial charge in [-0.1, -0.05) is 18.2 Å². The topological polar surface area (TPSA) is 45.2 Å². The standard InChI is InChI=1S/C26H30F3N3OS/c1-32(25(33)17-8-10-34-11-9-17)24(26(27,28)29)23-7-6-21(15-30-23)31-22-13-19-5-4-18(16-2-3-16)12-20(19)14-22/h4-7,12,15-17,22,24,31H,2-3,8-11,13-14H2,1H3. The van der Waals surface area contributed by atoms with Crippen LogP contribution in [0.15, 0.2) is 36.5 Å². The molecule has 0 spiro atoms. The number of anilines is 1. The summed E-state index contributed by atoms with van der Waals surface area (Å²) in [6, 6.07) is 7.98. The van der Waals surface area contributed by atoms with Crippen LogP contribution in [-0.4, -0.2) is 46.6 Å². The van der Waals surface area contributed by atoms with Crippen molar-refractivity contribution >= 4 is 23.4 Å². The molecule has 1 aromatic carbocycles. The zero-order valence-corrected chi connectivity index (χ0v) is 20.1. The maximum atomic E-state index is 14.0. The van der Waals surface area contributed by atoms with Gasteiger partial charge in [-0.15, -0.1) is 0 Å². The molecule has 2 unspecified atom stereocenters. The number of carbonyl (C=O) groups is 1. The average Bonchev–Trinajstić information content (AvgIpc) is 3.59. The molecule has 0 radical (unpaired) electrons. The first kappa shape index (κ1) is 23.5. The van der Waals surface area contributed by atoms with E-state index in [0.717, 1.165) is 35.2 Å². The van der Waals surface area contributed by atoms with Crippen LogP contribution in [-0.2, 0) is 17.6 Å². The fraction of sp³-hybridized carbons (Fsp3) is 0.538. The van der Waals surface area contributed by atoms with E-state index in [4.69, 9.17) is 0 Å². The number of nitrogens with zero attached hydrogens (tertiary/aromatic N) is 2. The number of pyridine rings is 1. The molecule has 1 saturated carbocycles. The van der Waals surface area contributed by atoms with Gasteiger partial charge in [-0.3, -0.25) is 9.78 Å². The zero-order chi connectivity index (χ0) is 23.9. The molecule has 4 nitrogen and oxygen atoms in total. The van der Waals surface area contributed by atoms with E-state index in [1.807, 2.05) is 0 Å². The average molecular weight is 490 g/mol. The highest BCUT2D eigenvalue weighted by Gasteiger charge is 2.47. The van der Waals surface area contributed by atoms with Crippen molar-refractivity contribution in [1.82, 2.24) is 9.88 Å². The summed E-state index contributed by atoms with van der Waals surface area (Å²) in [5, 5.41) is 3.43. The van der Waals surface area contributed by atoms with Crippen molar-refractivity contribution in [3.63, 3.8) is 0 Å². The van der Waals surface area contributed by atoms with E-state index in [0.29, 0.717) is 18.5 Å². The summed E-state index contributed by atoms with van der Waals surface area (Å²) in [6.07, 6.45) is 2.46. The van der Waals surface area contributed by atoms with Crippen LogP contribution in [0.3, 0.4) is 0 Å². The number of alkyl halides is 3. The van der Waals surface area contributed by atoms with E-state index in [1.165, 1.54) is 48.8 Å². The summed E-state index contributed by atoms with van der Waals surface area (Å²) in [6.45, 7) is 0. The molecule has 2 atom stereocenters. The number of hydrogen-bond acceptors (Lipinski definition) is 4. The maximum Gasteiger partial charge on any atom is 0.414 e. The van der Waals surface area contributed by atoms with Gasteiger partial charge in [-0.25, -0.2) is 0 Å². The minimum Gasteiger partial charge on any atom is -0.380 e. The molecule has 2 aliphatic carbocycles. The van der Waals surface area contributed by atoms with Crippen molar-refractivity contribution in [3.8, 4) is 0 Å². The predicted molar refractivity (Wildman–Crippen MR) is 129 cm³/mol. The van der Waals surface area contributed by atoms with Crippen LogP contribution in [0.2, 0.25) is 0 Å². The van der Waals surface area contributed by atoms with E-state index < -0.39 is 18.1 Å². The molecule has 1 aromatic heterocycles. The SMILES string of the molecule is CN(C(=O)C1CCSCC1)C(c1ccc(NC2Cc3ccc(C4CC4)cc3C2)cn1)C(F)(F)F. The summed E-state index contributed by atoms with van der Waals surface area (Å²) >= 11 is 1.74. The second-order valence-corrected chi connectivity index (χ2v) is 11.0. The summed E-state index contributed by atoms with van der Waals surface area (Å²) in [5.74, 6) is 1.55. The number of carbonyl (C=O) groups excluding carboxylic acids is 1. The molecule has 182 valence electrons. The molecule has 34 heavy (non-hydrogen) atoms. The Bertz CT molecular complexity index is 1030. The van der Waals surface area contributed by atoms with Gasteiger partial charge in [-0.2, -0.15) is 24.9 Å². The number of rotatable bonds is 6. The van der Waals surface area contributed by atoms with Gasteiger partial charge in [0, 0.05) is 19.0 Å². The lowest BCUT2D eigenvalue weighted by Crippen LogP contribution is -2.43. The molecule has 5 rings (SSSR count). The molecule has 1 saturated heterocycles. The van der Waals surface area contributed by atoms with Gasteiger partial charge >= 0.3 is 6.18 Å². The molecule has 0 bridgehead atoms. The Morgan fingerprint density at radius 2 is 1.82 bits per heavy atom. The van der Waals surface area contributed by atoms with E-state index >= 15 is 0 Å². The highest BCUT2D eigenvalue weighted by Crippen LogP contribution is 2.42. The van der Waals surface area contributed by atoms with Crippen molar-refractivity contribution in [1.29, 1.82) is 0 Å². The monoisotopic (exact) mass is 489 g/mol. The van der Waals surface area contributed by atoms with Crippen LogP contribution < -0.4 is 5.32 Å². The number of amides is 1. The van der Waals surface area contributed by atoms with Crippen LogP contribution in [0, 0.1) is 5.92 Å². The fourth-order valence-corrected chi connectivity index (χ4v) is 6.35. The van der Waals surface area contributed by atoms with Crippen molar-refractivity contribution in [2.45, 2.75) is 62.7 Å². The molecule has 3 aliphatic rings. The Labute approximate surface area is 202 Å². The molecule has 8 heteroatoms. The predicted octanol–water partition coefficient (Wildman–Crippen LogP) is 5.74. The van der Waals surface area contributed by atoms with Crippen LogP contribution in [0.25, 0.3) is 0 Å². The first-order chi connectivity index (χ1) is 16.3. The number of thioether (sulfide) groups is 1. The van der Waals surface area contributed by atoms with E-state index in [2.05, 4.69) is 28.5 Å². The normalized spacial score (nSPS) is 21.7. The molecule has 2 fully saturated rings. The maximum absolute atomic E-state index is 14.0. The van der Waals surface area contributed by atoms with Crippen molar-refractivity contribution in [3.05, 3.63) is 58.9 Å². The summed E-state index contributed by atoms with van der Waals surface area (Å²) in [4.78, 5) is 17.8. The molecule has 1 N–H and O–H groups in total. The van der Waals surface area contributed by atoms with Gasteiger partial charge in [0.15, 0.2) is 6.04 Å². The highest BCUT2D eigenvalue weighted by molar-refractivity contribution is 7.99. The van der Waals surface area contributed by atoms with Crippen LogP contribution >= 0.6 is 11.8 Å². The van der Waals surface area contributed by atoms with Crippen LogP contribution in [0.5, 0.6) is 0 Å². The zero-order valence-electron chi connectivity index (χ0n) is 19.3. The number of hydrogen-bond donors (Lipinski definition) is 1. The minimum atomic E-state index is -4.60. The number of aromatic nitrogens is 1. The molecule has 1 aliphatic heterocycles. The van der Waals surface area contributed by atoms with E-state index in [9.17, 15) is 18.0 Å². The van der Waals surface area contributed by atoms with Gasteiger partial charge in [0.1, 0.15) is 0 Å². The highest BCUT2D eigenvalue weighted by atomic mass is 32.2. The molecule has 1 amide bonds. The third-order valence-corrected chi connectivity index (χ3v) is 8.31. The molecule has 2 heterocycles. The molecular weight excluding hydrogens is 459 g/mol. The fourth-order valence-electron chi connectivity index (χ4n) is 5.24. The Morgan fingerprint density at radius 1 is 1.09 bits per heavy atom. The van der Waals surface area contributed by atoms with E-state index in [1.54, 1.807) is 17.8 Å². The van der Waals surface area contributed by atoms with Crippen molar-refractivity contribution in [2.75, 3.05) is 23.9 Å². The lowest BCUT2D eigenvalue weighted by Gasteiger charge is -2.33. The summed E-state index contributed by atoms with van der Waals surface area (Å²) in [7, 11) is 1.25. The summed E-state index contributed by atoms with van der Waals surface area (Å²) < 4.78 is 42.0. The third kappa shape index (κ3) is 5.07. The Balaban J connectivity index is 1.26. The summed E-state index contributed by atoms with van der Waals surface area (Å²) in [5.41, 5.74) is 4.68. The first-order valence-electron chi connectivity index (χ1n) is 12.0. The molecule has 2 aromatic rings. The first-order valence-corrected chi connectivity index (χ1v) is 13.2. The number of fused-ring (bicyclic) bond motifs is 1. The number of nitrogens with one attached hydrogen (secondary N) is 1. The van der Waals surface area contributed by atoms with Gasteiger partial charge < -0.3 is 10.2 Å². The van der Waals surface area contributed by atoms with Crippen molar-refractivity contribution in [2.24, 2.45) is 5.92 Å². The lowest BCUT2D eigenvalue weighted by atomic mass is 9.99. The van der Waals surface area contributed by atoms with Gasteiger partial charge in [0.2, 0.25) is 5.91 Å². The van der Waals surface area contributed by atoms with Gasteiger partial charge in [0.25, 0.3) is 0 Å². The smallest absolute Gasteiger partial charge is 0.380 e. The van der Waals surface area contributed by atoms with E-state index in [-0.39, 0.29) is 17.7 Å². The lowest BCUT2D eigenvalue weighted by molar-refractivity contribution is -0.191. The van der Waals surface area contributed by atoms with Gasteiger partial charge in [0.05, 0.1) is 17.6 Å². The molecular formula is C26H30F3N3OS. The van der Waals surface area contributed by atoms with Crippen molar-refractivity contribution < 1.29 is 18.0 Å². The van der Waals surface area contributed by atoms with Gasteiger partial charge in [-0.05, 0) is 84.8 Å².